The highest BCUT2D eigenvalue weighted by atomic mass is 16.5. The van der Waals surface area contributed by atoms with E-state index in [1.165, 1.54) is 25.7 Å². The molecule has 1 atom stereocenters. The summed E-state index contributed by atoms with van der Waals surface area (Å²) in [4.78, 5) is 19.4. The lowest BCUT2D eigenvalue weighted by atomic mass is 10.2. The van der Waals surface area contributed by atoms with Crippen molar-refractivity contribution in [3.8, 4) is 5.75 Å². The number of amides is 1. The summed E-state index contributed by atoms with van der Waals surface area (Å²) in [6.45, 7) is 4.01. The first-order valence-electron chi connectivity index (χ1n) is 11.1. The smallest absolute Gasteiger partial charge is 0.251 e. The van der Waals surface area contributed by atoms with Crippen LogP contribution in [0.5, 0.6) is 5.75 Å². The van der Waals surface area contributed by atoms with E-state index in [-0.39, 0.29) is 12.0 Å². The molecule has 6 nitrogen and oxygen atoms in total. The summed E-state index contributed by atoms with van der Waals surface area (Å²) in [5, 5.41) is 2.97. The van der Waals surface area contributed by atoms with Crippen molar-refractivity contribution in [2.24, 2.45) is 0 Å². The van der Waals surface area contributed by atoms with E-state index in [9.17, 15) is 4.79 Å². The number of carbonyl (C=O) groups excluding carboxylic acids is 1. The molecule has 6 heteroatoms. The van der Waals surface area contributed by atoms with Crippen LogP contribution in [0.25, 0.3) is 0 Å². The third-order valence-corrected chi connectivity index (χ3v) is 5.77. The minimum Gasteiger partial charge on any atom is -0.491 e. The Hall–Kier alpha value is -2.60. The molecule has 0 unspecified atom stereocenters. The summed E-state index contributed by atoms with van der Waals surface area (Å²) in [6, 6.07) is 11.4. The first-order chi connectivity index (χ1) is 14.8. The van der Waals surface area contributed by atoms with Crippen molar-refractivity contribution in [1.82, 2.24) is 10.3 Å². The second-order valence-electron chi connectivity index (χ2n) is 8.08. The molecular weight excluding hydrogens is 378 g/mol. The Balaban J connectivity index is 1.24. The number of aromatic nitrogens is 1. The van der Waals surface area contributed by atoms with Gasteiger partial charge in [0.2, 0.25) is 0 Å². The Labute approximate surface area is 178 Å². The van der Waals surface area contributed by atoms with Gasteiger partial charge in [0.25, 0.3) is 5.91 Å². The molecule has 0 aliphatic carbocycles. The summed E-state index contributed by atoms with van der Waals surface area (Å²) < 4.78 is 11.3. The highest BCUT2D eigenvalue weighted by molar-refractivity contribution is 5.94. The molecule has 0 saturated carbocycles. The molecule has 2 aliphatic heterocycles. The molecule has 2 aliphatic rings. The van der Waals surface area contributed by atoms with Crippen LogP contribution in [0.2, 0.25) is 0 Å². The highest BCUT2D eigenvalue weighted by Crippen LogP contribution is 2.18. The van der Waals surface area contributed by atoms with Gasteiger partial charge in [-0.2, -0.15) is 0 Å². The van der Waals surface area contributed by atoms with Gasteiger partial charge in [-0.25, -0.2) is 4.98 Å². The molecule has 160 valence electrons. The van der Waals surface area contributed by atoms with Gasteiger partial charge >= 0.3 is 0 Å². The van der Waals surface area contributed by atoms with Gasteiger partial charge < -0.3 is 19.7 Å². The highest BCUT2D eigenvalue weighted by Gasteiger charge is 2.16. The molecule has 4 rings (SSSR count). The molecule has 1 N–H and O–H groups in total. The number of anilines is 1. The quantitative estimate of drug-likeness (QED) is 0.750. The van der Waals surface area contributed by atoms with Crippen LogP contribution in [0.4, 0.5) is 5.82 Å². The number of carbonyl (C=O) groups is 1. The first kappa shape index (κ1) is 20.7. The Morgan fingerprint density at radius 1 is 1.07 bits per heavy atom. The molecule has 0 radical (unpaired) electrons. The van der Waals surface area contributed by atoms with Crippen molar-refractivity contribution in [1.29, 1.82) is 0 Å². The molecule has 2 saturated heterocycles. The van der Waals surface area contributed by atoms with Gasteiger partial charge in [0.15, 0.2) is 0 Å². The fraction of sp³-hybridized carbons (Fsp3) is 0.500. The van der Waals surface area contributed by atoms with Gasteiger partial charge in [-0.1, -0.05) is 18.9 Å². The number of ether oxygens (including phenoxy) is 2. The summed E-state index contributed by atoms with van der Waals surface area (Å²) in [6.07, 6.45) is 9.29. The van der Waals surface area contributed by atoms with E-state index in [4.69, 9.17) is 9.47 Å². The lowest BCUT2D eigenvalue weighted by Crippen LogP contribution is -2.25. The van der Waals surface area contributed by atoms with Gasteiger partial charge in [0.1, 0.15) is 18.2 Å². The normalized spacial score (nSPS) is 19.3. The van der Waals surface area contributed by atoms with E-state index in [1.807, 2.05) is 18.3 Å². The van der Waals surface area contributed by atoms with Crippen molar-refractivity contribution in [3.05, 3.63) is 53.7 Å². The largest absolute Gasteiger partial charge is 0.491 e. The van der Waals surface area contributed by atoms with Crippen molar-refractivity contribution >= 4 is 11.7 Å². The number of nitrogens with one attached hydrogen (secondary N) is 1. The summed E-state index contributed by atoms with van der Waals surface area (Å²) in [5.74, 6) is 1.69. The van der Waals surface area contributed by atoms with Crippen molar-refractivity contribution in [2.45, 2.75) is 51.2 Å². The van der Waals surface area contributed by atoms with Crippen LogP contribution in [0.3, 0.4) is 0 Å². The minimum absolute atomic E-state index is 0.0997. The molecule has 0 spiro atoms. The number of benzene rings is 1. The Kier molecular flexibility index (Phi) is 7.19. The van der Waals surface area contributed by atoms with Gasteiger partial charge in [-0.15, -0.1) is 0 Å². The second-order valence-corrected chi connectivity index (χ2v) is 8.08. The zero-order valence-corrected chi connectivity index (χ0v) is 17.5. The zero-order valence-electron chi connectivity index (χ0n) is 17.5. The van der Waals surface area contributed by atoms with Crippen molar-refractivity contribution in [3.63, 3.8) is 0 Å². The minimum atomic E-state index is -0.0997. The maximum Gasteiger partial charge on any atom is 0.251 e. The second kappa shape index (κ2) is 10.4. The molecule has 1 aromatic carbocycles. The SMILES string of the molecule is O=C(NCc1ccc(N2CCCCCC2)nc1)c1ccc(OC[C@H]2CCCO2)cc1. The zero-order chi connectivity index (χ0) is 20.6. The summed E-state index contributed by atoms with van der Waals surface area (Å²) in [7, 11) is 0. The van der Waals surface area contributed by atoms with E-state index >= 15 is 0 Å². The number of pyridine rings is 1. The molecule has 30 heavy (non-hydrogen) atoms. The van der Waals surface area contributed by atoms with Gasteiger partial charge in [0.05, 0.1) is 6.10 Å². The molecule has 0 bridgehead atoms. The molecule has 1 aromatic heterocycles. The van der Waals surface area contributed by atoms with Crippen LogP contribution >= 0.6 is 0 Å². The van der Waals surface area contributed by atoms with Crippen molar-refractivity contribution < 1.29 is 14.3 Å². The maximum atomic E-state index is 12.4. The third-order valence-electron chi connectivity index (χ3n) is 5.77. The Morgan fingerprint density at radius 2 is 1.87 bits per heavy atom. The number of hydrogen-bond acceptors (Lipinski definition) is 5. The molecule has 2 fully saturated rings. The topological polar surface area (TPSA) is 63.7 Å². The third kappa shape index (κ3) is 5.72. The van der Waals surface area contributed by atoms with E-state index < -0.39 is 0 Å². The average Bonchev–Trinajstić information content (AvgIpc) is 3.17. The van der Waals surface area contributed by atoms with Gasteiger partial charge in [-0.05, 0) is 61.6 Å². The fourth-order valence-corrected chi connectivity index (χ4v) is 3.96. The Bertz CT molecular complexity index is 793. The average molecular weight is 410 g/mol. The van der Waals surface area contributed by atoms with Crippen LogP contribution in [0.1, 0.15) is 54.4 Å². The Morgan fingerprint density at radius 3 is 2.53 bits per heavy atom. The molecular formula is C24H31N3O3. The van der Waals surface area contributed by atoms with Crippen LogP contribution in [-0.4, -0.2) is 43.3 Å². The summed E-state index contributed by atoms with van der Waals surface area (Å²) in [5.41, 5.74) is 1.62. The number of nitrogens with zero attached hydrogens (tertiary/aromatic N) is 2. The predicted molar refractivity (Wildman–Crippen MR) is 117 cm³/mol. The first-order valence-corrected chi connectivity index (χ1v) is 11.1. The summed E-state index contributed by atoms with van der Waals surface area (Å²) >= 11 is 0. The van der Waals surface area contributed by atoms with E-state index in [2.05, 4.69) is 27.3 Å². The van der Waals surface area contributed by atoms with Gasteiger partial charge in [0, 0.05) is 38.0 Å². The lowest BCUT2D eigenvalue weighted by molar-refractivity contribution is 0.0679. The maximum absolute atomic E-state index is 12.4. The van der Waals surface area contributed by atoms with E-state index in [1.54, 1.807) is 12.1 Å². The number of rotatable bonds is 7. The monoisotopic (exact) mass is 409 g/mol. The molecule has 2 aromatic rings. The standard InChI is InChI=1S/C24H31N3O3/c28-24(20-8-10-21(11-9-20)30-18-22-6-5-15-29-22)26-17-19-7-12-23(25-16-19)27-13-3-1-2-4-14-27/h7-12,16,22H,1-6,13-15,17-18H2,(H,26,28)/t22-/m1/s1. The number of hydrogen-bond donors (Lipinski definition) is 1. The molecule has 3 heterocycles. The molecule has 1 amide bonds. The van der Waals surface area contributed by atoms with E-state index in [0.717, 1.165) is 49.7 Å². The fourth-order valence-electron chi connectivity index (χ4n) is 3.96. The van der Waals surface area contributed by atoms with Crippen LogP contribution in [0.15, 0.2) is 42.6 Å². The van der Waals surface area contributed by atoms with Crippen LogP contribution in [0, 0.1) is 0 Å². The van der Waals surface area contributed by atoms with Crippen LogP contribution in [-0.2, 0) is 11.3 Å². The van der Waals surface area contributed by atoms with Gasteiger partial charge in [-0.3, -0.25) is 4.79 Å². The lowest BCUT2D eigenvalue weighted by Gasteiger charge is -2.21. The van der Waals surface area contributed by atoms with Crippen molar-refractivity contribution in [2.75, 3.05) is 31.2 Å². The van der Waals surface area contributed by atoms with Crippen LogP contribution < -0.4 is 15.0 Å². The van der Waals surface area contributed by atoms with E-state index in [0.29, 0.717) is 18.7 Å². The predicted octanol–water partition coefficient (Wildman–Crippen LogP) is 3.95.